The fraction of sp³-hybridized carbons (Fsp3) is 0.524. The average Bonchev–Trinajstić information content (AvgIpc) is 3.67. The normalized spacial score (nSPS) is 19.1. The summed E-state index contributed by atoms with van der Waals surface area (Å²) >= 11 is 0. The Morgan fingerprint density at radius 2 is 1.66 bits per heavy atom. The summed E-state index contributed by atoms with van der Waals surface area (Å²) in [5, 5.41) is 1.12. The van der Waals surface area contributed by atoms with Crippen LogP contribution in [0.3, 0.4) is 0 Å². The summed E-state index contributed by atoms with van der Waals surface area (Å²) in [6.45, 7) is 5.71. The van der Waals surface area contributed by atoms with E-state index in [9.17, 15) is 4.79 Å². The van der Waals surface area contributed by atoms with Crippen LogP contribution in [0.4, 0.5) is 0 Å². The molecule has 3 heterocycles. The van der Waals surface area contributed by atoms with Crippen LogP contribution in [0.2, 0.25) is 6.04 Å². The van der Waals surface area contributed by atoms with E-state index in [1.807, 2.05) is 44.2 Å². The van der Waals surface area contributed by atoms with Gasteiger partial charge in [0, 0.05) is 30.3 Å². The molecule has 1 aromatic carbocycles. The van der Waals surface area contributed by atoms with Gasteiger partial charge in [-0.05, 0) is 31.0 Å². The molecule has 156 valence electrons. The molecule has 2 aromatic rings. The smallest absolute Gasteiger partial charge is 0.391 e. The van der Waals surface area contributed by atoms with Gasteiger partial charge in [-0.3, -0.25) is 9.78 Å². The average molecular weight is 418 g/mol. The van der Waals surface area contributed by atoms with Crippen molar-refractivity contribution < 1.29 is 28.8 Å². The van der Waals surface area contributed by atoms with E-state index in [0.717, 1.165) is 29.4 Å². The summed E-state index contributed by atoms with van der Waals surface area (Å²) in [6, 6.07) is 12.8. The molecule has 0 aliphatic carbocycles. The second-order valence-corrected chi connectivity index (χ2v) is 11.4. The summed E-state index contributed by atoms with van der Waals surface area (Å²) in [7, 11) is -3.09. The minimum absolute atomic E-state index is 0.278. The molecular weight excluding hydrogens is 390 g/mol. The van der Waals surface area contributed by atoms with Gasteiger partial charge >= 0.3 is 8.32 Å². The van der Waals surface area contributed by atoms with Crippen LogP contribution in [0.25, 0.3) is 10.9 Å². The Morgan fingerprint density at radius 3 is 2.24 bits per heavy atom. The minimum atomic E-state index is -3.09. The molecule has 2 saturated heterocycles. The van der Waals surface area contributed by atoms with Gasteiger partial charge in [0.05, 0.1) is 5.52 Å². The lowest BCUT2D eigenvalue weighted by atomic mass is 10.1. The number of benzene rings is 1. The first-order valence-electron chi connectivity index (χ1n) is 10.3. The molecule has 0 radical (unpaired) electrons. The Bertz CT molecular complexity index is 876. The lowest BCUT2D eigenvalue weighted by Gasteiger charge is -2.34. The number of para-hydroxylation sites is 1. The van der Waals surface area contributed by atoms with Gasteiger partial charge in [-0.15, -0.1) is 0 Å². The number of fused-ring (bicyclic) bond motifs is 1. The molecule has 0 atom stereocenters. The molecule has 4 rings (SSSR count). The highest BCUT2D eigenvalue weighted by molar-refractivity contribution is 6.80. The van der Waals surface area contributed by atoms with Crippen molar-refractivity contribution in [3.05, 3.63) is 42.1 Å². The second-order valence-electron chi connectivity index (χ2n) is 7.55. The van der Waals surface area contributed by atoms with Crippen LogP contribution < -0.4 is 0 Å². The molecule has 2 aliphatic heterocycles. The molecule has 7 nitrogen and oxygen atoms in total. The van der Waals surface area contributed by atoms with Crippen molar-refractivity contribution in [2.75, 3.05) is 0 Å². The Hall–Kier alpha value is -1.84. The maximum Gasteiger partial charge on any atom is 0.391 e. The summed E-state index contributed by atoms with van der Waals surface area (Å²) in [5.74, 6) is -0.278. The molecule has 29 heavy (non-hydrogen) atoms. The molecule has 2 fully saturated rings. The maximum absolute atomic E-state index is 12.4. The molecule has 2 aliphatic rings. The van der Waals surface area contributed by atoms with Gasteiger partial charge < -0.3 is 4.43 Å². The second kappa shape index (κ2) is 7.77. The Morgan fingerprint density at radius 1 is 1.00 bits per heavy atom. The van der Waals surface area contributed by atoms with Crippen LogP contribution in [-0.2, 0) is 35.2 Å². The number of pyridine rings is 1. The van der Waals surface area contributed by atoms with Gasteiger partial charge in [0.2, 0.25) is 0 Å². The number of carbonyl (C=O) groups is 1. The fourth-order valence-corrected chi connectivity index (χ4v) is 8.81. The quantitative estimate of drug-likeness (QED) is 0.324. The third-order valence-electron chi connectivity index (χ3n) is 5.93. The SMILES string of the molecule is CCC(=O)O[Si](CCCc1ccc2ccccc2n1)(C1(CC)OO1)C1(CC)OO1. The predicted octanol–water partition coefficient (Wildman–Crippen LogP) is 4.28. The molecular formula is C21H27NO6Si. The van der Waals surface area contributed by atoms with Gasteiger partial charge in [0.1, 0.15) is 0 Å². The Labute approximate surface area is 171 Å². The number of rotatable bonds is 10. The number of carbonyl (C=O) groups excluding carboxylic acids is 1. The van der Waals surface area contributed by atoms with E-state index in [1.165, 1.54) is 0 Å². The van der Waals surface area contributed by atoms with E-state index < -0.39 is 19.1 Å². The van der Waals surface area contributed by atoms with Crippen molar-refractivity contribution in [1.82, 2.24) is 4.98 Å². The standard InChI is InChI=1S/C21H27NO6Si/c1-4-19(23)24-29(20(5-2)25-26-20,21(6-3)27-28-21)15-9-11-17-14-13-16-10-7-8-12-18(16)22-17/h7-8,10,12-14H,4-6,9,11,15H2,1-3H3. The third-order valence-corrected chi connectivity index (χ3v) is 11.1. The molecule has 1 aromatic heterocycles. The number of nitrogens with zero attached hydrogens (tertiary/aromatic N) is 1. The van der Waals surface area contributed by atoms with Gasteiger partial charge in [0.25, 0.3) is 16.8 Å². The molecule has 0 N–H and O–H groups in total. The molecule has 0 unspecified atom stereocenters. The summed E-state index contributed by atoms with van der Waals surface area (Å²) in [4.78, 5) is 38.9. The van der Waals surface area contributed by atoms with E-state index in [0.29, 0.717) is 18.9 Å². The summed E-state index contributed by atoms with van der Waals surface area (Å²) in [6.07, 6.45) is 2.93. The fourth-order valence-electron chi connectivity index (χ4n) is 4.09. The topological polar surface area (TPSA) is 89.3 Å². The van der Waals surface area contributed by atoms with Gasteiger partial charge in [-0.25, -0.2) is 0 Å². The van der Waals surface area contributed by atoms with Gasteiger partial charge in [0.15, 0.2) is 0 Å². The van der Waals surface area contributed by atoms with Crippen LogP contribution in [0.15, 0.2) is 36.4 Å². The monoisotopic (exact) mass is 417 g/mol. The first-order valence-corrected chi connectivity index (χ1v) is 12.5. The van der Waals surface area contributed by atoms with E-state index >= 15 is 0 Å². The zero-order valence-electron chi connectivity index (χ0n) is 17.1. The third kappa shape index (κ3) is 3.49. The van der Waals surface area contributed by atoms with E-state index in [2.05, 4.69) is 6.07 Å². The van der Waals surface area contributed by atoms with Crippen molar-refractivity contribution in [2.24, 2.45) is 0 Å². The van der Waals surface area contributed by atoms with Crippen molar-refractivity contribution in [1.29, 1.82) is 0 Å². The number of hydrogen-bond acceptors (Lipinski definition) is 7. The van der Waals surface area contributed by atoms with E-state index in [1.54, 1.807) is 6.92 Å². The zero-order chi connectivity index (χ0) is 20.5. The van der Waals surface area contributed by atoms with Crippen molar-refractivity contribution >= 4 is 25.2 Å². The lowest BCUT2D eigenvalue weighted by Crippen LogP contribution is -2.65. The molecule has 0 bridgehead atoms. The van der Waals surface area contributed by atoms with Crippen molar-refractivity contribution in [2.45, 2.75) is 69.7 Å². The predicted molar refractivity (Wildman–Crippen MR) is 107 cm³/mol. The molecule has 0 spiro atoms. The number of hydrogen-bond donors (Lipinski definition) is 0. The van der Waals surface area contributed by atoms with Crippen LogP contribution in [0.5, 0.6) is 0 Å². The zero-order valence-corrected chi connectivity index (χ0v) is 18.1. The molecule has 0 saturated carbocycles. The van der Waals surface area contributed by atoms with Crippen LogP contribution in [0, 0.1) is 0 Å². The van der Waals surface area contributed by atoms with E-state index in [4.69, 9.17) is 29.0 Å². The van der Waals surface area contributed by atoms with Crippen LogP contribution in [0.1, 0.15) is 52.1 Å². The largest absolute Gasteiger partial charge is 0.507 e. The highest BCUT2D eigenvalue weighted by Gasteiger charge is 2.84. The minimum Gasteiger partial charge on any atom is -0.507 e. The lowest BCUT2D eigenvalue weighted by molar-refractivity contribution is -0.135. The van der Waals surface area contributed by atoms with E-state index in [-0.39, 0.29) is 12.4 Å². The van der Waals surface area contributed by atoms with Crippen LogP contribution >= 0.6 is 0 Å². The van der Waals surface area contributed by atoms with Gasteiger partial charge in [-0.2, -0.15) is 19.6 Å². The highest BCUT2D eigenvalue weighted by Crippen LogP contribution is 2.57. The van der Waals surface area contributed by atoms with Crippen LogP contribution in [-0.4, -0.2) is 30.1 Å². The Kier molecular flexibility index (Phi) is 5.47. The highest BCUT2D eigenvalue weighted by atomic mass is 28.4. The Balaban J connectivity index is 1.57. The van der Waals surface area contributed by atoms with Gasteiger partial charge in [-0.1, -0.05) is 45.0 Å². The summed E-state index contributed by atoms with van der Waals surface area (Å²) in [5.41, 5.74) is 0.144. The first-order chi connectivity index (χ1) is 14.0. The maximum atomic E-state index is 12.4. The first kappa shape index (κ1) is 20.4. The number of aromatic nitrogens is 1. The van der Waals surface area contributed by atoms with Crippen molar-refractivity contribution in [3.8, 4) is 0 Å². The molecule has 8 heteroatoms. The number of aryl methyl sites for hydroxylation is 1. The summed E-state index contributed by atoms with van der Waals surface area (Å²) < 4.78 is 6.11. The van der Waals surface area contributed by atoms with Crippen molar-refractivity contribution in [3.63, 3.8) is 0 Å². The molecule has 0 amide bonds.